The van der Waals surface area contributed by atoms with Crippen LogP contribution in [0.2, 0.25) is 0 Å². The number of amides is 1. The molecule has 30 heavy (non-hydrogen) atoms. The standard InChI is InChI=1S/C22H24N6OS/c1-2-3-4-7-12-24-22(29)18-19-21(27-17-11-6-5-10-16(17)26-19)28(20(18)23)25-14-15-9-8-13-30-15/h5-6,8-11,13-14H,2-4,7,12,23H2,1H3,(H,24,29). The SMILES string of the molecule is CCCCCCNC(=O)c1c(N)n(N=Cc2cccs2)c2nc3ccccc3nc12. The van der Waals surface area contributed by atoms with Gasteiger partial charge in [-0.1, -0.05) is 44.4 Å². The van der Waals surface area contributed by atoms with Crippen LogP contribution in [0, 0.1) is 0 Å². The Bertz CT molecular complexity index is 1200. The summed E-state index contributed by atoms with van der Waals surface area (Å²) in [4.78, 5) is 23.3. The summed E-state index contributed by atoms with van der Waals surface area (Å²) >= 11 is 1.57. The van der Waals surface area contributed by atoms with Crippen molar-refractivity contribution in [2.75, 3.05) is 12.3 Å². The number of carbonyl (C=O) groups excluding carboxylic acids is 1. The average Bonchev–Trinajstić information content (AvgIpc) is 3.36. The molecule has 0 fully saturated rings. The van der Waals surface area contributed by atoms with Crippen molar-refractivity contribution in [3.63, 3.8) is 0 Å². The Kier molecular flexibility index (Phi) is 6.04. The van der Waals surface area contributed by atoms with Gasteiger partial charge in [-0.25, -0.2) is 9.97 Å². The first kappa shape index (κ1) is 20.0. The van der Waals surface area contributed by atoms with E-state index in [1.807, 2.05) is 41.8 Å². The van der Waals surface area contributed by atoms with Crippen molar-refractivity contribution >= 4 is 51.5 Å². The predicted molar refractivity (Wildman–Crippen MR) is 123 cm³/mol. The Hall–Kier alpha value is -3.26. The smallest absolute Gasteiger partial charge is 0.257 e. The number of nitrogens with two attached hydrogens (primary N) is 1. The van der Waals surface area contributed by atoms with Gasteiger partial charge in [0.25, 0.3) is 5.91 Å². The molecule has 4 aromatic rings. The molecule has 0 radical (unpaired) electrons. The van der Waals surface area contributed by atoms with Gasteiger partial charge in [-0.3, -0.25) is 4.79 Å². The lowest BCUT2D eigenvalue weighted by molar-refractivity contribution is 0.0955. The van der Waals surface area contributed by atoms with Crippen molar-refractivity contribution in [1.82, 2.24) is 20.0 Å². The van der Waals surface area contributed by atoms with E-state index >= 15 is 0 Å². The molecule has 0 aliphatic heterocycles. The molecule has 0 saturated carbocycles. The number of rotatable bonds is 8. The van der Waals surface area contributed by atoms with Gasteiger partial charge in [-0.15, -0.1) is 11.3 Å². The number of benzene rings is 1. The second kappa shape index (κ2) is 9.04. The minimum atomic E-state index is -0.247. The van der Waals surface area contributed by atoms with Crippen LogP contribution in [-0.2, 0) is 0 Å². The maximum absolute atomic E-state index is 13.0. The van der Waals surface area contributed by atoms with Gasteiger partial charge in [0.15, 0.2) is 5.65 Å². The molecule has 0 unspecified atom stereocenters. The number of aromatic nitrogens is 3. The maximum atomic E-state index is 13.0. The van der Waals surface area contributed by atoms with E-state index in [4.69, 9.17) is 10.7 Å². The highest BCUT2D eigenvalue weighted by Crippen LogP contribution is 2.28. The molecule has 0 aliphatic rings. The first-order chi connectivity index (χ1) is 14.7. The van der Waals surface area contributed by atoms with Crippen LogP contribution in [-0.4, -0.2) is 33.3 Å². The lowest BCUT2D eigenvalue weighted by Gasteiger charge is -2.05. The zero-order valence-corrected chi connectivity index (χ0v) is 17.7. The molecule has 7 nitrogen and oxygen atoms in total. The van der Waals surface area contributed by atoms with Crippen LogP contribution in [0.1, 0.15) is 47.8 Å². The number of nitrogens with zero attached hydrogens (tertiary/aromatic N) is 4. The molecule has 154 valence electrons. The summed E-state index contributed by atoms with van der Waals surface area (Å²) in [5.41, 5.74) is 9.06. The number of fused-ring (bicyclic) bond motifs is 2. The molecule has 0 spiro atoms. The largest absolute Gasteiger partial charge is 0.383 e. The summed E-state index contributed by atoms with van der Waals surface area (Å²) in [5, 5.41) is 9.45. The molecule has 1 aromatic carbocycles. The third-order valence-electron chi connectivity index (χ3n) is 4.86. The molecule has 0 bridgehead atoms. The van der Waals surface area contributed by atoms with Gasteiger partial charge < -0.3 is 11.1 Å². The molecule has 3 N–H and O–H groups in total. The molecule has 0 aliphatic carbocycles. The summed E-state index contributed by atoms with van der Waals surface area (Å²) in [7, 11) is 0. The quantitative estimate of drug-likeness (QED) is 0.326. The minimum Gasteiger partial charge on any atom is -0.383 e. The lowest BCUT2D eigenvalue weighted by Crippen LogP contribution is -2.25. The van der Waals surface area contributed by atoms with Gasteiger partial charge in [0.2, 0.25) is 0 Å². The van der Waals surface area contributed by atoms with Crippen LogP contribution >= 0.6 is 11.3 Å². The highest BCUT2D eigenvalue weighted by atomic mass is 32.1. The van der Waals surface area contributed by atoms with Gasteiger partial charge in [0, 0.05) is 11.4 Å². The van der Waals surface area contributed by atoms with E-state index in [0.717, 1.165) is 36.1 Å². The highest BCUT2D eigenvalue weighted by Gasteiger charge is 2.23. The zero-order valence-electron chi connectivity index (χ0n) is 16.8. The molecular formula is C22H24N6OS. The average molecular weight is 421 g/mol. The van der Waals surface area contributed by atoms with E-state index in [1.54, 1.807) is 17.6 Å². The molecular weight excluding hydrogens is 396 g/mol. The molecule has 3 aromatic heterocycles. The van der Waals surface area contributed by atoms with E-state index in [2.05, 4.69) is 22.3 Å². The van der Waals surface area contributed by atoms with Gasteiger partial charge in [-0.2, -0.15) is 9.78 Å². The Morgan fingerprint density at radius 3 is 2.70 bits per heavy atom. The van der Waals surface area contributed by atoms with Crippen molar-refractivity contribution in [3.8, 4) is 0 Å². The fourth-order valence-electron chi connectivity index (χ4n) is 3.31. The molecule has 0 atom stereocenters. The van der Waals surface area contributed by atoms with Crippen LogP contribution < -0.4 is 11.1 Å². The topological polar surface area (TPSA) is 98.2 Å². The fourth-order valence-corrected chi connectivity index (χ4v) is 3.89. The third kappa shape index (κ3) is 4.04. The molecule has 0 saturated heterocycles. The van der Waals surface area contributed by atoms with E-state index in [-0.39, 0.29) is 11.7 Å². The molecule has 8 heteroatoms. The van der Waals surface area contributed by atoms with E-state index in [9.17, 15) is 4.79 Å². The number of carbonyl (C=O) groups is 1. The summed E-state index contributed by atoms with van der Waals surface area (Å²) < 4.78 is 1.50. The molecule has 4 rings (SSSR count). The van der Waals surface area contributed by atoms with E-state index in [0.29, 0.717) is 28.8 Å². The van der Waals surface area contributed by atoms with Crippen LogP contribution in [0.5, 0.6) is 0 Å². The number of thiophene rings is 1. The summed E-state index contributed by atoms with van der Waals surface area (Å²) in [6.45, 7) is 2.76. The van der Waals surface area contributed by atoms with E-state index in [1.165, 1.54) is 4.68 Å². The predicted octanol–water partition coefficient (Wildman–Crippen LogP) is 4.42. The highest BCUT2D eigenvalue weighted by molar-refractivity contribution is 7.11. The molecule has 3 heterocycles. The summed E-state index contributed by atoms with van der Waals surface area (Å²) in [5.74, 6) is -0.0113. The lowest BCUT2D eigenvalue weighted by atomic mass is 10.2. The first-order valence-electron chi connectivity index (χ1n) is 10.1. The Morgan fingerprint density at radius 2 is 1.97 bits per heavy atom. The van der Waals surface area contributed by atoms with Crippen LogP contribution in [0.25, 0.3) is 22.2 Å². The maximum Gasteiger partial charge on any atom is 0.257 e. The number of unbranched alkanes of at least 4 members (excludes halogenated alkanes) is 3. The van der Waals surface area contributed by atoms with Crippen LogP contribution in [0.3, 0.4) is 0 Å². The van der Waals surface area contributed by atoms with Crippen LogP contribution in [0.15, 0.2) is 46.9 Å². The van der Waals surface area contributed by atoms with Gasteiger partial charge in [-0.05, 0) is 30.0 Å². The monoisotopic (exact) mass is 420 g/mol. The fraction of sp³-hybridized carbons (Fsp3) is 0.273. The zero-order chi connectivity index (χ0) is 20.9. The Labute approximate surface area is 178 Å². The number of para-hydroxylation sites is 2. The second-order valence-corrected chi connectivity index (χ2v) is 8.01. The van der Waals surface area contributed by atoms with Crippen molar-refractivity contribution < 1.29 is 4.79 Å². The summed E-state index contributed by atoms with van der Waals surface area (Å²) in [6, 6.07) is 11.5. The number of anilines is 1. The number of hydrogen-bond acceptors (Lipinski definition) is 6. The van der Waals surface area contributed by atoms with Crippen LogP contribution in [0.4, 0.5) is 5.82 Å². The number of nitrogen functional groups attached to an aromatic ring is 1. The van der Waals surface area contributed by atoms with Crippen molar-refractivity contribution in [2.24, 2.45) is 5.10 Å². The van der Waals surface area contributed by atoms with Crippen molar-refractivity contribution in [2.45, 2.75) is 32.6 Å². The first-order valence-corrected chi connectivity index (χ1v) is 11.0. The van der Waals surface area contributed by atoms with E-state index < -0.39 is 0 Å². The van der Waals surface area contributed by atoms with Gasteiger partial charge in [0.05, 0.1) is 17.2 Å². The Balaban J connectivity index is 1.75. The second-order valence-electron chi connectivity index (χ2n) is 7.03. The van der Waals surface area contributed by atoms with Crippen molar-refractivity contribution in [3.05, 3.63) is 52.2 Å². The summed E-state index contributed by atoms with van der Waals surface area (Å²) in [6.07, 6.45) is 6.04. The van der Waals surface area contributed by atoms with Gasteiger partial charge >= 0.3 is 0 Å². The van der Waals surface area contributed by atoms with Crippen molar-refractivity contribution in [1.29, 1.82) is 0 Å². The normalized spacial score (nSPS) is 11.6. The number of hydrogen-bond donors (Lipinski definition) is 2. The minimum absolute atomic E-state index is 0.235. The Morgan fingerprint density at radius 1 is 1.17 bits per heavy atom. The number of nitrogens with one attached hydrogen (secondary N) is 1. The van der Waals surface area contributed by atoms with Gasteiger partial charge in [0.1, 0.15) is 16.9 Å². The third-order valence-corrected chi connectivity index (χ3v) is 5.67. The molecule has 1 amide bonds.